The summed E-state index contributed by atoms with van der Waals surface area (Å²) in [6.45, 7) is 9.10. The van der Waals surface area contributed by atoms with Gasteiger partial charge in [-0.15, -0.1) is 0 Å². The molecule has 27 heavy (non-hydrogen) atoms. The number of rotatable bonds is 8. The SMILES string of the molecule is CC[C@@H](Oc1ccc(F)cc1)C(=O)NCCOc1ccc(C(C)(C)C)cc1. The lowest BCUT2D eigenvalue weighted by Crippen LogP contribution is -2.39. The number of carbonyl (C=O) groups excluding carboxylic acids is 1. The quantitative estimate of drug-likeness (QED) is 0.694. The van der Waals surface area contributed by atoms with Crippen molar-refractivity contribution in [1.29, 1.82) is 0 Å². The average Bonchev–Trinajstić information content (AvgIpc) is 2.64. The maximum Gasteiger partial charge on any atom is 0.261 e. The number of hydrogen-bond acceptors (Lipinski definition) is 3. The molecule has 1 N–H and O–H groups in total. The van der Waals surface area contributed by atoms with Gasteiger partial charge in [0.2, 0.25) is 0 Å². The highest BCUT2D eigenvalue weighted by Crippen LogP contribution is 2.24. The van der Waals surface area contributed by atoms with Crippen LogP contribution < -0.4 is 14.8 Å². The van der Waals surface area contributed by atoms with Crippen molar-refractivity contribution >= 4 is 5.91 Å². The highest BCUT2D eigenvalue weighted by molar-refractivity contribution is 5.81. The highest BCUT2D eigenvalue weighted by Gasteiger charge is 2.18. The Kier molecular flexibility index (Phi) is 7.22. The number of hydrogen-bond donors (Lipinski definition) is 1. The summed E-state index contributed by atoms with van der Waals surface area (Å²) < 4.78 is 24.2. The van der Waals surface area contributed by atoms with Gasteiger partial charge in [-0.05, 0) is 53.8 Å². The van der Waals surface area contributed by atoms with Crippen LogP contribution in [-0.2, 0) is 10.2 Å². The molecule has 0 saturated carbocycles. The van der Waals surface area contributed by atoms with E-state index >= 15 is 0 Å². The maximum absolute atomic E-state index is 12.9. The van der Waals surface area contributed by atoms with Crippen LogP contribution in [0.2, 0.25) is 0 Å². The van der Waals surface area contributed by atoms with E-state index in [0.717, 1.165) is 5.75 Å². The van der Waals surface area contributed by atoms with Crippen LogP contribution in [-0.4, -0.2) is 25.2 Å². The van der Waals surface area contributed by atoms with E-state index in [1.807, 2.05) is 19.1 Å². The fraction of sp³-hybridized carbons (Fsp3) is 0.409. The van der Waals surface area contributed by atoms with E-state index in [1.165, 1.54) is 29.8 Å². The minimum atomic E-state index is -0.624. The Morgan fingerprint density at radius 1 is 1.04 bits per heavy atom. The largest absolute Gasteiger partial charge is 0.492 e. The van der Waals surface area contributed by atoms with Crippen molar-refractivity contribution in [2.45, 2.75) is 45.6 Å². The Morgan fingerprint density at radius 3 is 2.19 bits per heavy atom. The minimum absolute atomic E-state index is 0.103. The van der Waals surface area contributed by atoms with Crippen molar-refractivity contribution in [3.63, 3.8) is 0 Å². The third kappa shape index (κ3) is 6.59. The Balaban J connectivity index is 1.76. The van der Waals surface area contributed by atoms with Gasteiger partial charge in [-0.2, -0.15) is 0 Å². The molecule has 0 spiro atoms. The summed E-state index contributed by atoms with van der Waals surface area (Å²) in [6.07, 6.45) is -0.111. The molecule has 0 aromatic heterocycles. The Labute approximate surface area is 160 Å². The molecule has 5 heteroatoms. The summed E-state index contributed by atoms with van der Waals surface area (Å²) in [7, 11) is 0. The second-order valence-corrected chi connectivity index (χ2v) is 7.38. The van der Waals surface area contributed by atoms with Gasteiger partial charge in [-0.1, -0.05) is 39.8 Å². The van der Waals surface area contributed by atoms with E-state index in [-0.39, 0.29) is 17.1 Å². The number of benzene rings is 2. The first-order valence-corrected chi connectivity index (χ1v) is 9.23. The van der Waals surface area contributed by atoms with Crippen molar-refractivity contribution in [2.75, 3.05) is 13.2 Å². The van der Waals surface area contributed by atoms with Crippen LogP contribution in [0.4, 0.5) is 4.39 Å². The predicted molar refractivity (Wildman–Crippen MR) is 105 cm³/mol. The summed E-state index contributed by atoms with van der Waals surface area (Å²) in [5.74, 6) is 0.682. The van der Waals surface area contributed by atoms with Gasteiger partial charge in [-0.25, -0.2) is 4.39 Å². The zero-order valence-corrected chi connectivity index (χ0v) is 16.4. The zero-order valence-electron chi connectivity index (χ0n) is 16.4. The van der Waals surface area contributed by atoms with Crippen LogP contribution in [0.3, 0.4) is 0 Å². The zero-order chi connectivity index (χ0) is 19.9. The molecule has 0 unspecified atom stereocenters. The molecule has 0 aliphatic rings. The molecule has 0 fully saturated rings. The van der Waals surface area contributed by atoms with Crippen LogP contribution in [0, 0.1) is 5.82 Å². The molecule has 0 heterocycles. The fourth-order valence-corrected chi connectivity index (χ4v) is 2.51. The van der Waals surface area contributed by atoms with E-state index < -0.39 is 6.10 Å². The van der Waals surface area contributed by atoms with Crippen LogP contribution >= 0.6 is 0 Å². The monoisotopic (exact) mass is 373 g/mol. The first-order valence-electron chi connectivity index (χ1n) is 9.23. The number of nitrogens with one attached hydrogen (secondary N) is 1. The molecule has 0 bridgehead atoms. The highest BCUT2D eigenvalue weighted by atomic mass is 19.1. The van der Waals surface area contributed by atoms with E-state index in [9.17, 15) is 9.18 Å². The third-order valence-electron chi connectivity index (χ3n) is 4.15. The minimum Gasteiger partial charge on any atom is -0.492 e. The molecule has 2 aromatic carbocycles. The van der Waals surface area contributed by atoms with Crippen molar-refractivity contribution in [3.05, 3.63) is 59.9 Å². The third-order valence-corrected chi connectivity index (χ3v) is 4.15. The molecule has 0 radical (unpaired) electrons. The van der Waals surface area contributed by atoms with Crippen molar-refractivity contribution < 1.29 is 18.7 Å². The van der Waals surface area contributed by atoms with Gasteiger partial charge in [0.1, 0.15) is 23.9 Å². The van der Waals surface area contributed by atoms with Gasteiger partial charge in [0.15, 0.2) is 6.10 Å². The first-order chi connectivity index (χ1) is 12.8. The molecule has 1 atom stereocenters. The number of ether oxygens (including phenoxy) is 2. The van der Waals surface area contributed by atoms with Gasteiger partial charge in [0, 0.05) is 0 Å². The fourth-order valence-electron chi connectivity index (χ4n) is 2.51. The van der Waals surface area contributed by atoms with E-state index in [2.05, 4.69) is 38.2 Å². The Hall–Kier alpha value is -2.56. The van der Waals surface area contributed by atoms with Crippen molar-refractivity contribution in [2.24, 2.45) is 0 Å². The van der Waals surface area contributed by atoms with E-state index in [0.29, 0.717) is 25.3 Å². The predicted octanol–water partition coefficient (Wildman–Crippen LogP) is 4.48. The van der Waals surface area contributed by atoms with Gasteiger partial charge < -0.3 is 14.8 Å². The van der Waals surface area contributed by atoms with Crippen LogP contribution in [0.5, 0.6) is 11.5 Å². The lowest BCUT2D eigenvalue weighted by atomic mass is 9.87. The first kappa shape index (κ1) is 20.7. The molecule has 2 aromatic rings. The van der Waals surface area contributed by atoms with Gasteiger partial charge in [-0.3, -0.25) is 4.79 Å². The van der Waals surface area contributed by atoms with E-state index in [1.54, 1.807) is 0 Å². The topological polar surface area (TPSA) is 47.6 Å². The van der Waals surface area contributed by atoms with Crippen molar-refractivity contribution in [3.8, 4) is 11.5 Å². The number of carbonyl (C=O) groups is 1. The molecule has 1 amide bonds. The number of halogens is 1. The summed E-state index contributed by atoms with van der Waals surface area (Å²) in [4.78, 5) is 12.2. The standard InChI is InChI=1S/C22H28FNO3/c1-5-20(27-19-12-8-17(23)9-13-19)21(25)24-14-15-26-18-10-6-16(7-11-18)22(2,3)4/h6-13,20H,5,14-15H2,1-4H3,(H,24,25)/t20-/m1/s1. The molecule has 0 aliphatic carbocycles. The maximum atomic E-state index is 12.9. The second kappa shape index (κ2) is 9.40. The summed E-state index contributed by atoms with van der Waals surface area (Å²) in [5, 5.41) is 2.81. The molecule has 2 rings (SSSR count). The van der Waals surface area contributed by atoms with Crippen LogP contribution in [0.1, 0.15) is 39.7 Å². The van der Waals surface area contributed by atoms with Crippen molar-refractivity contribution in [1.82, 2.24) is 5.32 Å². The average molecular weight is 373 g/mol. The molecular weight excluding hydrogens is 345 g/mol. The normalized spacial score (nSPS) is 12.3. The van der Waals surface area contributed by atoms with Crippen LogP contribution in [0.15, 0.2) is 48.5 Å². The van der Waals surface area contributed by atoms with Crippen LogP contribution in [0.25, 0.3) is 0 Å². The summed E-state index contributed by atoms with van der Waals surface area (Å²) >= 11 is 0. The second-order valence-electron chi connectivity index (χ2n) is 7.38. The van der Waals surface area contributed by atoms with Gasteiger partial charge in [0.25, 0.3) is 5.91 Å². The Bertz CT molecular complexity index is 721. The smallest absolute Gasteiger partial charge is 0.261 e. The number of amides is 1. The molecule has 0 aliphatic heterocycles. The molecule has 4 nitrogen and oxygen atoms in total. The lowest BCUT2D eigenvalue weighted by molar-refractivity contribution is -0.128. The Morgan fingerprint density at radius 2 is 1.63 bits per heavy atom. The lowest BCUT2D eigenvalue weighted by Gasteiger charge is -2.19. The molecule has 0 saturated heterocycles. The molecule has 146 valence electrons. The summed E-state index contributed by atoms with van der Waals surface area (Å²) in [5.41, 5.74) is 1.35. The summed E-state index contributed by atoms with van der Waals surface area (Å²) in [6, 6.07) is 13.6. The van der Waals surface area contributed by atoms with Gasteiger partial charge >= 0.3 is 0 Å². The van der Waals surface area contributed by atoms with Gasteiger partial charge in [0.05, 0.1) is 6.54 Å². The van der Waals surface area contributed by atoms with E-state index in [4.69, 9.17) is 9.47 Å². The molecular formula is C22H28FNO3.